The fraction of sp³-hybridized carbons (Fsp3) is 0.333. The Morgan fingerprint density at radius 3 is 2.66 bits per heavy atom. The van der Waals surface area contributed by atoms with E-state index in [1.807, 2.05) is 17.0 Å². The fourth-order valence-electron chi connectivity index (χ4n) is 3.27. The van der Waals surface area contributed by atoms with E-state index in [0.29, 0.717) is 6.42 Å². The molecule has 0 N–H and O–H groups in total. The summed E-state index contributed by atoms with van der Waals surface area (Å²) in [6, 6.07) is 12.6. The summed E-state index contributed by atoms with van der Waals surface area (Å²) in [5.41, 5.74) is 1.02. The van der Waals surface area contributed by atoms with Gasteiger partial charge in [-0.15, -0.1) is 11.8 Å². The molecule has 0 saturated carbocycles. The number of carbonyl (C=O) groups is 1. The minimum absolute atomic E-state index is 0.220. The predicted octanol–water partition coefficient (Wildman–Crippen LogP) is 5.42. The van der Waals surface area contributed by atoms with Crippen LogP contribution in [-0.2, 0) is 4.79 Å². The number of aromatic nitrogens is 1. The van der Waals surface area contributed by atoms with Crippen LogP contribution in [0.25, 0.3) is 10.2 Å². The van der Waals surface area contributed by atoms with Crippen LogP contribution in [-0.4, -0.2) is 47.7 Å². The van der Waals surface area contributed by atoms with Crippen molar-refractivity contribution < 1.29 is 9.18 Å². The minimum Gasteiger partial charge on any atom is -0.345 e. The molecule has 152 valence electrons. The van der Waals surface area contributed by atoms with Gasteiger partial charge >= 0.3 is 0 Å². The fourth-order valence-corrected chi connectivity index (χ4v) is 5.69. The summed E-state index contributed by atoms with van der Waals surface area (Å²) in [4.78, 5) is 22.5. The van der Waals surface area contributed by atoms with Crippen molar-refractivity contribution in [2.24, 2.45) is 0 Å². The van der Waals surface area contributed by atoms with Crippen molar-refractivity contribution in [1.82, 2.24) is 9.88 Å². The summed E-state index contributed by atoms with van der Waals surface area (Å²) in [5, 5.41) is 1.03. The Hall–Kier alpha value is -1.64. The second-order valence-electron chi connectivity index (χ2n) is 6.88. The van der Waals surface area contributed by atoms with Crippen LogP contribution in [0.3, 0.4) is 0 Å². The third-order valence-corrected chi connectivity index (χ3v) is 7.53. The lowest BCUT2D eigenvalue weighted by Gasteiger charge is -2.34. The number of thioether (sulfide) groups is 1. The zero-order chi connectivity index (χ0) is 20.2. The van der Waals surface area contributed by atoms with E-state index in [1.165, 1.54) is 16.8 Å². The summed E-state index contributed by atoms with van der Waals surface area (Å²) in [6.45, 7) is 3.11. The molecule has 1 aliphatic rings. The Morgan fingerprint density at radius 2 is 1.90 bits per heavy atom. The molecule has 8 heteroatoms. The van der Waals surface area contributed by atoms with Gasteiger partial charge in [-0.05, 0) is 54.6 Å². The Labute approximate surface area is 186 Å². The van der Waals surface area contributed by atoms with Crippen molar-refractivity contribution in [3.8, 4) is 0 Å². The number of fused-ring (bicyclic) bond motifs is 1. The lowest BCUT2D eigenvalue weighted by Crippen LogP contribution is -2.48. The van der Waals surface area contributed by atoms with Gasteiger partial charge in [-0.2, -0.15) is 0 Å². The zero-order valence-corrected chi connectivity index (χ0v) is 19.0. The number of hydrogen-bond donors (Lipinski definition) is 0. The van der Waals surface area contributed by atoms with Gasteiger partial charge in [0.1, 0.15) is 5.82 Å². The maximum Gasteiger partial charge on any atom is 0.222 e. The first-order valence-corrected chi connectivity index (χ1v) is 12.2. The molecule has 1 amide bonds. The Morgan fingerprint density at radius 1 is 1.14 bits per heavy atom. The first kappa shape index (κ1) is 20.6. The molecule has 3 aromatic rings. The van der Waals surface area contributed by atoms with E-state index in [0.717, 1.165) is 58.4 Å². The summed E-state index contributed by atoms with van der Waals surface area (Å²) in [7, 11) is 0. The second-order valence-corrected chi connectivity index (χ2v) is 9.98. The number of halogens is 2. The molecule has 1 fully saturated rings. The Balaban J connectivity index is 1.22. The molecule has 0 spiro atoms. The number of amides is 1. The zero-order valence-electron chi connectivity index (χ0n) is 15.8. The van der Waals surface area contributed by atoms with Gasteiger partial charge in [0.25, 0.3) is 0 Å². The van der Waals surface area contributed by atoms with E-state index < -0.39 is 0 Å². The Bertz CT molecular complexity index is 987. The van der Waals surface area contributed by atoms with Crippen LogP contribution < -0.4 is 4.90 Å². The maximum absolute atomic E-state index is 12.9. The van der Waals surface area contributed by atoms with Crippen molar-refractivity contribution in [2.45, 2.75) is 17.7 Å². The van der Waals surface area contributed by atoms with E-state index >= 15 is 0 Å². The monoisotopic (exact) mass is 493 g/mol. The van der Waals surface area contributed by atoms with Gasteiger partial charge in [0.2, 0.25) is 5.91 Å². The van der Waals surface area contributed by atoms with Crippen LogP contribution in [0.5, 0.6) is 0 Å². The van der Waals surface area contributed by atoms with Crippen LogP contribution in [0, 0.1) is 5.82 Å². The van der Waals surface area contributed by atoms with Crippen LogP contribution in [0.4, 0.5) is 9.52 Å². The molecule has 1 aliphatic heterocycles. The lowest BCUT2D eigenvalue weighted by molar-refractivity contribution is -0.131. The molecule has 0 aliphatic carbocycles. The predicted molar refractivity (Wildman–Crippen MR) is 122 cm³/mol. The summed E-state index contributed by atoms with van der Waals surface area (Å²) < 4.78 is 15.2. The molecule has 1 aromatic heterocycles. The molecule has 0 atom stereocenters. The molecule has 0 radical (unpaired) electrons. The van der Waals surface area contributed by atoms with E-state index in [2.05, 4.69) is 26.9 Å². The van der Waals surface area contributed by atoms with E-state index in [-0.39, 0.29) is 11.7 Å². The highest BCUT2D eigenvalue weighted by Gasteiger charge is 2.22. The topological polar surface area (TPSA) is 36.4 Å². The average molecular weight is 494 g/mol. The molecule has 0 bridgehead atoms. The summed E-state index contributed by atoms with van der Waals surface area (Å²) in [6.07, 6.45) is 1.39. The van der Waals surface area contributed by atoms with Crippen LogP contribution in [0.15, 0.2) is 51.8 Å². The average Bonchev–Trinajstić information content (AvgIpc) is 3.15. The summed E-state index contributed by atoms with van der Waals surface area (Å²) in [5.74, 6) is 0.860. The smallest absolute Gasteiger partial charge is 0.222 e. The third kappa shape index (κ3) is 5.29. The minimum atomic E-state index is -0.220. The maximum atomic E-state index is 12.9. The highest BCUT2D eigenvalue weighted by atomic mass is 79.9. The van der Waals surface area contributed by atoms with Gasteiger partial charge < -0.3 is 9.80 Å². The number of piperazine rings is 1. The van der Waals surface area contributed by atoms with E-state index in [1.54, 1.807) is 35.2 Å². The molecule has 2 heterocycles. The molecule has 2 aromatic carbocycles. The standard InChI is InChI=1S/C21H21BrFN3OS2/c22-15-3-8-18-19(14-15)29-21(24-18)26-11-9-25(10-12-26)20(27)2-1-13-28-17-6-4-16(23)5-7-17/h3-8,14H,1-2,9-13H2. The number of hydrogen-bond acceptors (Lipinski definition) is 5. The number of anilines is 1. The first-order valence-electron chi connectivity index (χ1n) is 9.56. The van der Waals surface area contributed by atoms with Gasteiger partial charge in [-0.1, -0.05) is 27.3 Å². The van der Waals surface area contributed by atoms with E-state index in [4.69, 9.17) is 4.98 Å². The molecule has 1 saturated heterocycles. The normalized spacial score (nSPS) is 14.6. The Kier molecular flexibility index (Phi) is 6.72. The van der Waals surface area contributed by atoms with E-state index in [9.17, 15) is 9.18 Å². The second kappa shape index (κ2) is 9.45. The van der Waals surface area contributed by atoms with Gasteiger partial charge in [0.15, 0.2) is 5.13 Å². The van der Waals surface area contributed by atoms with Gasteiger partial charge in [0.05, 0.1) is 10.2 Å². The highest BCUT2D eigenvalue weighted by molar-refractivity contribution is 9.10. The van der Waals surface area contributed by atoms with Gasteiger partial charge in [-0.3, -0.25) is 4.79 Å². The SMILES string of the molecule is O=C(CCCSc1ccc(F)cc1)N1CCN(c2nc3ccc(Br)cc3s2)CC1. The third-order valence-electron chi connectivity index (χ3n) is 4.86. The summed E-state index contributed by atoms with van der Waals surface area (Å²) >= 11 is 6.87. The van der Waals surface area contributed by atoms with Crippen molar-refractivity contribution in [1.29, 1.82) is 0 Å². The molecule has 4 rings (SSSR count). The van der Waals surface area contributed by atoms with Crippen molar-refractivity contribution in [2.75, 3.05) is 36.8 Å². The number of nitrogens with zero attached hydrogens (tertiary/aromatic N) is 3. The highest BCUT2D eigenvalue weighted by Crippen LogP contribution is 2.31. The van der Waals surface area contributed by atoms with Gasteiger partial charge in [-0.25, -0.2) is 9.37 Å². The van der Waals surface area contributed by atoms with Crippen molar-refractivity contribution in [3.63, 3.8) is 0 Å². The van der Waals surface area contributed by atoms with Crippen molar-refractivity contribution in [3.05, 3.63) is 52.8 Å². The van der Waals surface area contributed by atoms with Crippen molar-refractivity contribution >= 4 is 60.3 Å². The lowest BCUT2D eigenvalue weighted by atomic mass is 10.2. The number of thiazole rings is 1. The molecule has 29 heavy (non-hydrogen) atoms. The van der Waals surface area contributed by atoms with Gasteiger partial charge in [0, 0.05) is 42.0 Å². The van der Waals surface area contributed by atoms with Crippen LogP contribution in [0.2, 0.25) is 0 Å². The molecule has 0 unspecified atom stereocenters. The number of carbonyl (C=O) groups excluding carboxylic acids is 1. The molecule has 4 nitrogen and oxygen atoms in total. The number of rotatable bonds is 6. The number of benzene rings is 2. The van der Waals surface area contributed by atoms with Crippen LogP contribution >= 0.6 is 39.0 Å². The first-order chi connectivity index (χ1) is 14.1. The quantitative estimate of drug-likeness (QED) is 0.339. The molecular formula is C21H21BrFN3OS2. The molecular weight excluding hydrogens is 473 g/mol. The largest absolute Gasteiger partial charge is 0.345 e. The van der Waals surface area contributed by atoms with Crippen LogP contribution in [0.1, 0.15) is 12.8 Å².